The molecule has 0 saturated heterocycles. The van der Waals surface area contributed by atoms with Crippen LogP contribution < -0.4 is 5.32 Å². The van der Waals surface area contributed by atoms with Crippen LogP contribution in [0.2, 0.25) is 0 Å². The fourth-order valence-electron chi connectivity index (χ4n) is 6.52. The van der Waals surface area contributed by atoms with Crippen molar-refractivity contribution < 1.29 is 9.18 Å². The van der Waals surface area contributed by atoms with Gasteiger partial charge in [0, 0.05) is 12.5 Å². The summed E-state index contributed by atoms with van der Waals surface area (Å²) in [5.41, 5.74) is 8.02. The van der Waals surface area contributed by atoms with Gasteiger partial charge in [-0.05, 0) is 91.0 Å². The van der Waals surface area contributed by atoms with Crippen molar-refractivity contribution in [1.29, 1.82) is 0 Å². The number of nitrogens with one attached hydrogen (secondary N) is 1. The molecule has 33 heavy (non-hydrogen) atoms. The number of aryl methyl sites for hydroxylation is 1. The predicted octanol–water partition coefficient (Wildman–Crippen LogP) is 5.04. The molecule has 168 valence electrons. The largest absolute Gasteiger partial charge is 0.359 e. The van der Waals surface area contributed by atoms with E-state index in [-0.39, 0.29) is 17.1 Å². The van der Waals surface area contributed by atoms with E-state index in [1.165, 1.54) is 36.1 Å². The zero-order valence-electron chi connectivity index (χ0n) is 18.9. The van der Waals surface area contributed by atoms with Crippen molar-refractivity contribution in [3.63, 3.8) is 0 Å². The molecule has 3 aliphatic carbocycles. The molecule has 1 spiro atoms. The second kappa shape index (κ2) is 7.41. The molecule has 0 bridgehead atoms. The molecule has 6 rings (SSSR count). The second-order valence-corrected chi connectivity index (χ2v) is 9.95. The van der Waals surface area contributed by atoms with Gasteiger partial charge in [-0.15, -0.1) is 0 Å². The van der Waals surface area contributed by atoms with Crippen molar-refractivity contribution >= 4 is 12.0 Å². The van der Waals surface area contributed by atoms with Gasteiger partial charge in [-0.2, -0.15) is 5.10 Å². The van der Waals surface area contributed by atoms with Crippen LogP contribution in [0.3, 0.4) is 0 Å². The summed E-state index contributed by atoms with van der Waals surface area (Å²) in [5.74, 6) is -0.167. The molecule has 1 N–H and O–H groups in total. The molecule has 0 unspecified atom stereocenters. The molecule has 2 fully saturated rings. The Labute approximate surface area is 193 Å². The Morgan fingerprint density at radius 2 is 1.94 bits per heavy atom. The molecule has 2 saturated carbocycles. The van der Waals surface area contributed by atoms with Crippen LogP contribution in [0.5, 0.6) is 0 Å². The van der Waals surface area contributed by atoms with Gasteiger partial charge in [-0.1, -0.05) is 29.8 Å². The lowest BCUT2D eigenvalue weighted by Gasteiger charge is -2.24. The first-order chi connectivity index (χ1) is 16.0. The molecule has 3 aromatic rings. The summed E-state index contributed by atoms with van der Waals surface area (Å²) >= 11 is 0. The van der Waals surface area contributed by atoms with Crippen LogP contribution in [0.15, 0.2) is 60.3 Å². The average Bonchev–Trinajstić information content (AvgIpc) is 3.10. The van der Waals surface area contributed by atoms with E-state index < -0.39 is 0 Å². The number of hydrogen-bond acceptors (Lipinski definition) is 2. The van der Waals surface area contributed by atoms with E-state index in [2.05, 4.69) is 34.7 Å². The maximum atomic E-state index is 13.4. The Balaban J connectivity index is 1.23. The highest BCUT2D eigenvalue weighted by atomic mass is 19.1. The highest BCUT2D eigenvalue weighted by Gasteiger charge is 2.71. The molecule has 1 amide bonds. The third kappa shape index (κ3) is 3.17. The molecule has 4 nitrogen and oxygen atoms in total. The zero-order valence-corrected chi connectivity index (χ0v) is 18.9. The Morgan fingerprint density at radius 3 is 2.73 bits per heavy atom. The molecular weight excluding hydrogens is 413 g/mol. The van der Waals surface area contributed by atoms with E-state index in [9.17, 15) is 9.18 Å². The first-order valence-corrected chi connectivity index (χ1v) is 11.8. The Morgan fingerprint density at radius 1 is 1.15 bits per heavy atom. The van der Waals surface area contributed by atoms with Gasteiger partial charge in [-0.3, -0.25) is 4.79 Å². The maximum Gasteiger partial charge on any atom is 0.224 e. The van der Waals surface area contributed by atoms with E-state index in [1.54, 1.807) is 24.8 Å². The van der Waals surface area contributed by atoms with Crippen molar-refractivity contribution in [2.75, 3.05) is 7.05 Å². The lowest BCUT2D eigenvalue weighted by Crippen LogP contribution is -2.21. The molecule has 1 aromatic heterocycles. The minimum atomic E-state index is -0.229. The fourth-order valence-corrected chi connectivity index (χ4v) is 6.52. The summed E-state index contributed by atoms with van der Waals surface area (Å²) in [5, 5.41) is 7.39. The molecule has 3 aliphatic rings. The van der Waals surface area contributed by atoms with Gasteiger partial charge in [0.15, 0.2) is 0 Å². The van der Waals surface area contributed by atoms with Gasteiger partial charge in [0.1, 0.15) is 5.82 Å². The number of nitrogens with zero attached hydrogens (tertiary/aromatic N) is 2. The minimum absolute atomic E-state index is 0.0626. The quantitative estimate of drug-likeness (QED) is 0.582. The normalized spacial score (nSPS) is 24.5. The first-order valence-electron chi connectivity index (χ1n) is 11.8. The number of fused-ring (bicyclic) bond motifs is 1. The number of hydrogen-bond donors (Lipinski definition) is 1. The number of carbonyl (C=O) groups is 1. The van der Waals surface area contributed by atoms with Crippen LogP contribution in [-0.2, 0) is 24.1 Å². The zero-order chi connectivity index (χ0) is 22.6. The average molecular weight is 442 g/mol. The van der Waals surface area contributed by atoms with E-state index >= 15 is 0 Å². The van der Waals surface area contributed by atoms with Gasteiger partial charge in [-0.25, -0.2) is 9.07 Å². The first kappa shape index (κ1) is 20.4. The Hall–Kier alpha value is -3.21. The maximum absolute atomic E-state index is 13.4. The number of amides is 1. The van der Waals surface area contributed by atoms with Gasteiger partial charge < -0.3 is 5.32 Å². The monoisotopic (exact) mass is 441 g/mol. The summed E-state index contributed by atoms with van der Waals surface area (Å²) in [6.45, 7) is 0. The van der Waals surface area contributed by atoms with Crippen molar-refractivity contribution in [3.05, 3.63) is 88.5 Å². The SMILES string of the molecule is CNC(=O)Cc1ccccc1CC[C@]12CCC3=Cc4c(cnn4-c4ccc(F)cc4)C[C@@]31C2. The fraction of sp³-hybridized carbons (Fsp3) is 0.357. The third-order valence-electron chi connectivity index (χ3n) is 8.40. The van der Waals surface area contributed by atoms with Crippen molar-refractivity contribution in [1.82, 2.24) is 15.1 Å². The molecule has 1 heterocycles. The predicted molar refractivity (Wildman–Crippen MR) is 126 cm³/mol. The number of aromatic nitrogens is 2. The lowest BCUT2D eigenvalue weighted by atomic mass is 9.80. The van der Waals surface area contributed by atoms with Gasteiger partial charge in [0.05, 0.1) is 24.0 Å². The summed E-state index contributed by atoms with van der Waals surface area (Å²) in [6.07, 6.45) is 11.7. The molecular formula is C28H28FN3O. The van der Waals surface area contributed by atoms with E-state index in [0.29, 0.717) is 11.8 Å². The summed E-state index contributed by atoms with van der Waals surface area (Å²) in [6, 6.07) is 14.9. The van der Waals surface area contributed by atoms with E-state index in [0.717, 1.165) is 42.6 Å². The molecule has 0 aliphatic heterocycles. The van der Waals surface area contributed by atoms with Crippen LogP contribution in [-0.4, -0.2) is 22.7 Å². The van der Waals surface area contributed by atoms with Crippen LogP contribution in [0.1, 0.15) is 48.1 Å². The summed E-state index contributed by atoms with van der Waals surface area (Å²) < 4.78 is 15.3. The lowest BCUT2D eigenvalue weighted by molar-refractivity contribution is -0.119. The number of halogens is 1. The van der Waals surface area contributed by atoms with E-state index in [4.69, 9.17) is 0 Å². The molecule has 5 heteroatoms. The molecule has 2 aromatic carbocycles. The Bertz CT molecular complexity index is 1270. The van der Waals surface area contributed by atoms with Crippen LogP contribution in [0.4, 0.5) is 4.39 Å². The second-order valence-electron chi connectivity index (χ2n) is 9.95. The topological polar surface area (TPSA) is 46.9 Å². The van der Waals surface area contributed by atoms with Crippen molar-refractivity contribution in [2.45, 2.75) is 44.9 Å². The van der Waals surface area contributed by atoms with Gasteiger partial charge in [0.25, 0.3) is 0 Å². The van der Waals surface area contributed by atoms with E-state index in [1.807, 2.05) is 16.9 Å². The number of rotatable bonds is 6. The highest BCUT2D eigenvalue weighted by molar-refractivity contribution is 5.78. The highest BCUT2D eigenvalue weighted by Crippen LogP contribution is 2.79. The Kier molecular flexibility index (Phi) is 4.58. The number of carbonyl (C=O) groups excluding carboxylic acids is 1. The van der Waals surface area contributed by atoms with Crippen LogP contribution in [0.25, 0.3) is 11.8 Å². The number of allylic oxidation sites excluding steroid dienone is 1. The van der Waals surface area contributed by atoms with Crippen LogP contribution in [0, 0.1) is 16.6 Å². The van der Waals surface area contributed by atoms with Crippen LogP contribution >= 0.6 is 0 Å². The van der Waals surface area contributed by atoms with Gasteiger partial charge >= 0.3 is 0 Å². The molecule has 2 atom stereocenters. The standard InChI is InChI=1S/C28H28FN3O/c1-30-26(33)14-20-5-3-2-4-19(20)10-12-27-13-11-22-15-25-21(16-28(22,27)18-27)17-31-32(25)24-8-6-23(29)7-9-24/h2-9,15,17H,10-14,16,18H2,1H3,(H,30,33)/t27-,28-/m1/s1. The minimum Gasteiger partial charge on any atom is -0.359 e. The summed E-state index contributed by atoms with van der Waals surface area (Å²) in [7, 11) is 1.69. The number of likely N-dealkylation sites (N-methyl/N-ethyl adjacent to an activating group) is 1. The van der Waals surface area contributed by atoms with Crippen molar-refractivity contribution in [2.24, 2.45) is 10.8 Å². The third-order valence-corrected chi connectivity index (χ3v) is 8.40. The molecule has 0 radical (unpaired) electrons. The summed E-state index contributed by atoms with van der Waals surface area (Å²) in [4.78, 5) is 11.9. The van der Waals surface area contributed by atoms with Crippen molar-refractivity contribution in [3.8, 4) is 5.69 Å². The smallest absolute Gasteiger partial charge is 0.224 e. The number of benzene rings is 2. The van der Waals surface area contributed by atoms with Gasteiger partial charge in [0.2, 0.25) is 5.91 Å².